The summed E-state index contributed by atoms with van der Waals surface area (Å²) in [5.41, 5.74) is 0.268. The topological polar surface area (TPSA) is 51.5 Å². The van der Waals surface area contributed by atoms with Gasteiger partial charge in [0.2, 0.25) is 0 Å². The molecule has 3 rings (SSSR count). The highest BCUT2D eigenvalue weighted by Gasteiger charge is 2.24. The number of aromatic nitrogens is 1. The standard InChI is InChI=1S/C15H16N2O3/c1-16-13(15(19)17-6-3-7-17)9-10-8-11(20-2)4-5-12(10)14(16)18/h4-5,8-9H,3,6-7H2,1-2H3. The maximum absolute atomic E-state index is 12.3. The number of carbonyl (C=O) groups is 1. The van der Waals surface area contributed by atoms with Gasteiger partial charge in [-0.2, -0.15) is 0 Å². The molecular weight excluding hydrogens is 256 g/mol. The number of benzene rings is 1. The number of methoxy groups -OCH3 is 1. The number of hydrogen-bond acceptors (Lipinski definition) is 3. The zero-order valence-corrected chi connectivity index (χ0v) is 11.5. The molecule has 0 unspecified atom stereocenters. The van der Waals surface area contributed by atoms with Crippen molar-refractivity contribution in [1.82, 2.24) is 9.47 Å². The average molecular weight is 272 g/mol. The average Bonchev–Trinajstić information content (AvgIpc) is 2.40. The third kappa shape index (κ3) is 1.86. The van der Waals surface area contributed by atoms with Gasteiger partial charge in [0.05, 0.1) is 7.11 Å². The largest absolute Gasteiger partial charge is 0.497 e. The molecule has 0 saturated carbocycles. The van der Waals surface area contributed by atoms with Crippen LogP contribution in [0.25, 0.3) is 10.8 Å². The number of pyridine rings is 1. The molecule has 1 saturated heterocycles. The molecule has 0 spiro atoms. The maximum Gasteiger partial charge on any atom is 0.270 e. The Morgan fingerprint density at radius 3 is 2.60 bits per heavy atom. The van der Waals surface area contributed by atoms with E-state index in [0.717, 1.165) is 24.9 Å². The minimum atomic E-state index is -0.158. The number of ether oxygens (including phenoxy) is 1. The number of rotatable bonds is 2. The Bertz CT molecular complexity index is 745. The lowest BCUT2D eigenvalue weighted by Crippen LogP contribution is -2.43. The Kier molecular flexibility index (Phi) is 2.97. The second-order valence-electron chi connectivity index (χ2n) is 4.99. The molecule has 1 aliphatic rings. The van der Waals surface area contributed by atoms with Gasteiger partial charge >= 0.3 is 0 Å². The molecule has 1 aliphatic heterocycles. The molecule has 1 aromatic heterocycles. The Balaban J connectivity index is 2.19. The van der Waals surface area contributed by atoms with Crippen LogP contribution in [-0.2, 0) is 7.05 Å². The molecule has 0 N–H and O–H groups in total. The van der Waals surface area contributed by atoms with Crippen LogP contribution in [0.15, 0.2) is 29.1 Å². The van der Waals surface area contributed by atoms with Crippen molar-refractivity contribution >= 4 is 16.7 Å². The Morgan fingerprint density at radius 2 is 2.00 bits per heavy atom. The van der Waals surface area contributed by atoms with E-state index in [1.54, 1.807) is 43.3 Å². The van der Waals surface area contributed by atoms with Crippen LogP contribution in [-0.4, -0.2) is 35.6 Å². The van der Waals surface area contributed by atoms with Crippen LogP contribution in [0.4, 0.5) is 0 Å². The first-order valence-corrected chi connectivity index (χ1v) is 6.59. The molecule has 0 bridgehead atoms. The molecule has 2 aromatic rings. The van der Waals surface area contributed by atoms with Gasteiger partial charge in [0.15, 0.2) is 0 Å². The van der Waals surface area contributed by atoms with E-state index in [0.29, 0.717) is 16.8 Å². The summed E-state index contributed by atoms with van der Waals surface area (Å²) < 4.78 is 6.59. The number of likely N-dealkylation sites (tertiary alicyclic amines) is 1. The summed E-state index contributed by atoms with van der Waals surface area (Å²) in [7, 11) is 3.22. The van der Waals surface area contributed by atoms with E-state index in [9.17, 15) is 9.59 Å². The summed E-state index contributed by atoms with van der Waals surface area (Å²) in [6.45, 7) is 1.53. The van der Waals surface area contributed by atoms with Crippen LogP contribution in [0.2, 0.25) is 0 Å². The molecule has 1 fully saturated rings. The van der Waals surface area contributed by atoms with Gasteiger partial charge in [-0.05, 0) is 36.1 Å². The Morgan fingerprint density at radius 1 is 1.25 bits per heavy atom. The van der Waals surface area contributed by atoms with E-state index in [4.69, 9.17) is 4.74 Å². The molecule has 1 aromatic carbocycles. The molecule has 20 heavy (non-hydrogen) atoms. The highest BCUT2D eigenvalue weighted by Crippen LogP contribution is 2.20. The van der Waals surface area contributed by atoms with E-state index in [-0.39, 0.29) is 11.5 Å². The minimum absolute atomic E-state index is 0.0828. The van der Waals surface area contributed by atoms with Crippen LogP contribution in [0.3, 0.4) is 0 Å². The molecule has 2 heterocycles. The van der Waals surface area contributed by atoms with E-state index in [1.165, 1.54) is 4.57 Å². The van der Waals surface area contributed by atoms with Crippen molar-refractivity contribution in [2.75, 3.05) is 20.2 Å². The first-order valence-electron chi connectivity index (χ1n) is 6.59. The highest BCUT2D eigenvalue weighted by atomic mass is 16.5. The first kappa shape index (κ1) is 12.7. The lowest BCUT2D eigenvalue weighted by atomic mass is 10.1. The molecule has 0 atom stereocenters. The van der Waals surface area contributed by atoms with Gasteiger partial charge < -0.3 is 14.2 Å². The van der Waals surface area contributed by atoms with Gasteiger partial charge in [-0.25, -0.2) is 0 Å². The maximum atomic E-state index is 12.3. The second-order valence-corrected chi connectivity index (χ2v) is 4.99. The van der Waals surface area contributed by atoms with Crippen LogP contribution in [0.1, 0.15) is 16.9 Å². The zero-order chi connectivity index (χ0) is 14.3. The summed E-state index contributed by atoms with van der Waals surface area (Å²) >= 11 is 0. The van der Waals surface area contributed by atoms with Crippen LogP contribution in [0.5, 0.6) is 5.75 Å². The second kappa shape index (κ2) is 4.67. The van der Waals surface area contributed by atoms with E-state index < -0.39 is 0 Å². The van der Waals surface area contributed by atoms with Crippen LogP contribution < -0.4 is 10.3 Å². The number of nitrogens with zero attached hydrogens (tertiary/aromatic N) is 2. The molecule has 0 aliphatic carbocycles. The summed E-state index contributed by atoms with van der Waals surface area (Å²) in [5, 5.41) is 1.32. The van der Waals surface area contributed by atoms with Gasteiger partial charge in [-0.15, -0.1) is 0 Å². The summed E-state index contributed by atoms with van der Waals surface area (Å²) in [5.74, 6) is 0.591. The lowest BCUT2D eigenvalue weighted by molar-refractivity contribution is 0.0640. The fourth-order valence-electron chi connectivity index (χ4n) is 2.40. The normalized spacial score (nSPS) is 14.2. The van der Waals surface area contributed by atoms with Crippen LogP contribution >= 0.6 is 0 Å². The van der Waals surface area contributed by atoms with Gasteiger partial charge in [0.25, 0.3) is 11.5 Å². The number of hydrogen-bond donors (Lipinski definition) is 0. The SMILES string of the molecule is COc1ccc2c(=O)n(C)c(C(=O)N3CCC3)cc2c1. The smallest absolute Gasteiger partial charge is 0.270 e. The lowest BCUT2D eigenvalue weighted by Gasteiger charge is -2.31. The highest BCUT2D eigenvalue weighted by molar-refractivity contribution is 5.97. The predicted molar refractivity (Wildman–Crippen MR) is 76.3 cm³/mol. The Hall–Kier alpha value is -2.30. The number of amides is 1. The van der Waals surface area contributed by atoms with Crippen molar-refractivity contribution in [3.63, 3.8) is 0 Å². The molecular formula is C15H16N2O3. The summed E-state index contributed by atoms with van der Waals surface area (Å²) in [4.78, 5) is 26.4. The van der Waals surface area contributed by atoms with Gasteiger partial charge in [-0.3, -0.25) is 9.59 Å². The van der Waals surface area contributed by atoms with Crippen molar-refractivity contribution in [3.05, 3.63) is 40.3 Å². The quantitative estimate of drug-likeness (QED) is 0.830. The molecule has 104 valence electrons. The van der Waals surface area contributed by atoms with Crippen molar-refractivity contribution in [3.8, 4) is 5.75 Å². The van der Waals surface area contributed by atoms with Gasteiger partial charge in [-0.1, -0.05) is 0 Å². The molecule has 1 amide bonds. The van der Waals surface area contributed by atoms with Gasteiger partial charge in [0, 0.05) is 25.5 Å². The van der Waals surface area contributed by atoms with Crippen molar-refractivity contribution < 1.29 is 9.53 Å². The molecule has 5 nitrogen and oxygen atoms in total. The zero-order valence-electron chi connectivity index (χ0n) is 11.5. The van der Waals surface area contributed by atoms with Gasteiger partial charge in [0.1, 0.15) is 11.4 Å². The third-order valence-electron chi connectivity index (χ3n) is 3.81. The van der Waals surface area contributed by atoms with Crippen LogP contribution in [0, 0.1) is 0 Å². The Labute approximate surface area is 116 Å². The predicted octanol–water partition coefficient (Wildman–Crippen LogP) is 1.39. The summed E-state index contributed by atoms with van der Waals surface area (Å²) in [6, 6.07) is 7.03. The van der Waals surface area contributed by atoms with E-state index in [2.05, 4.69) is 0 Å². The summed E-state index contributed by atoms with van der Waals surface area (Å²) in [6.07, 6.45) is 1.03. The fraction of sp³-hybridized carbons (Fsp3) is 0.333. The minimum Gasteiger partial charge on any atom is -0.497 e. The molecule has 0 radical (unpaired) electrons. The number of fused-ring (bicyclic) bond motifs is 1. The van der Waals surface area contributed by atoms with Crippen molar-refractivity contribution in [2.24, 2.45) is 7.05 Å². The monoisotopic (exact) mass is 272 g/mol. The van der Waals surface area contributed by atoms with E-state index >= 15 is 0 Å². The third-order valence-corrected chi connectivity index (χ3v) is 3.81. The molecule has 5 heteroatoms. The fourth-order valence-corrected chi connectivity index (χ4v) is 2.40. The van der Waals surface area contributed by atoms with Crippen molar-refractivity contribution in [2.45, 2.75) is 6.42 Å². The number of carbonyl (C=O) groups excluding carboxylic acids is 1. The first-order chi connectivity index (χ1) is 9.61. The van der Waals surface area contributed by atoms with E-state index in [1.807, 2.05) is 0 Å². The van der Waals surface area contributed by atoms with Crippen molar-refractivity contribution in [1.29, 1.82) is 0 Å².